The molecular formula is C18H12Cl2FOP. The summed E-state index contributed by atoms with van der Waals surface area (Å²) in [6.07, 6.45) is 0. The highest BCUT2D eigenvalue weighted by molar-refractivity contribution is 7.85. The Labute approximate surface area is 144 Å². The van der Waals surface area contributed by atoms with Crippen LogP contribution in [0.25, 0.3) is 0 Å². The van der Waals surface area contributed by atoms with Gasteiger partial charge < -0.3 is 4.57 Å². The number of rotatable bonds is 3. The molecule has 0 amide bonds. The normalized spacial score (nSPS) is 11.4. The molecule has 0 N–H and O–H groups in total. The third-order valence-electron chi connectivity index (χ3n) is 3.57. The van der Waals surface area contributed by atoms with Crippen LogP contribution in [0.15, 0.2) is 72.8 Å². The molecule has 0 aliphatic heterocycles. The van der Waals surface area contributed by atoms with Crippen molar-refractivity contribution in [2.75, 3.05) is 0 Å². The van der Waals surface area contributed by atoms with Gasteiger partial charge in [0, 0.05) is 15.9 Å². The molecule has 3 aromatic carbocycles. The molecular weight excluding hydrogens is 353 g/mol. The molecule has 116 valence electrons. The second-order valence-corrected chi connectivity index (χ2v) is 8.59. The Morgan fingerprint density at radius 2 is 1.09 bits per heavy atom. The van der Waals surface area contributed by atoms with Crippen LogP contribution in [0.4, 0.5) is 4.39 Å². The van der Waals surface area contributed by atoms with Crippen LogP contribution in [0, 0.1) is 5.82 Å². The molecule has 0 aliphatic rings. The van der Waals surface area contributed by atoms with Crippen molar-refractivity contribution < 1.29 is 8.96 Å². The van der Waals surface area contributed by atoms with E-state index in [1.807, 2.05) is 36.4 Å². The van der Waals surface area contributed by atoms with Crippen molar-refractivity contribution in [1.29, 1.82) is 0 Å². The highest BCUT2D eigenvalue weighted by Gasteiger charge is 2.30. The molecule has 0 saturated heterocycles. The van der Waals surface area contributed by atoms with Crippen molar-refractivity contribution in [3.63, 3.8) is 0 Å². The summed E-state index contributed by atoms with van der Waals surface area (Å²) in [5.74, 6) is -0.704. The molecule has 0 unspecified atom stereocenters. The summed E-state index contributed by atoms with van der Waals surface area (Å²) >= 11 is 11.8. The van der Waals surface area contributed by atoms with E-state index in [9.17, 15) is 8.96 Å². The largest absolute Gasteiger partial charge is 0.309 e. The number of halogens is 3. The number of benzene rings is 3. The van der Waals surface area contributed by atoms with Crippen LogP contribution < -0.4 is 15.9 Å². The first-order valence-corrected chi connectivity index (χ1v) is 9.36. The van der Waals surface area contributed by atoms with E-state index in [-0.39, 0.29) is 10.0 Å². The lowest BCUT2D eigenvalue weighted by Gasteiger charge is -2.20. The monoisotopic (exact) mass is 364 g/mol. The third kappa shape index (κ3) is 2.95. The zero-order valence-corrected chi connectivity index (χ0v) is 14.3. The second kappa shape index (κ2) is 6.49. The first-order chi connectivity index (χ1) is 11.0. The van der Waals surface area contributed by atoms with Crippen LogP contribution in [0.3, 0.4) is 0 Å². The number of hydrogen-bond donors (Lipinski definition) is 0. The van der Waals surface area contributed by atoms with Crippen molar-refractivity contribution in [3.8, 4) is 0 Å². The van der Waals surface area contributed by atoms with Crippen molar-refractivity contribution in [2.24, 2.45) is 0 Å². The van der Waals surface area contributed by atoms with E-state index >= 15 is 0 Å². The fraction of sp³-hybridized carbons (Fsp3) is 0. The van der Waals surface area contributed by atoms with Gasteiger partial charge in [-0.15, -0.1) is 0 Å². The quantitative estimate of drug-likeness (QED) is 0.483. The van der Waals surface area contributed by atoms with Gasteiger partial charge in [0.1, 0.15) is 0 Å². The maximum absolute atomic E-state index is 14.0. The molecule has 23 heavy (non-hydrogen) atoms. The molecule has 0 bridgehead atoms. The molecule has 0 heterocycles. The molecule has 0 aliphatic carbocycles. The van der Waals surface area contributed by atoms with Gasteiger partial charge in [-0.25, -0.2) is 4.39 Å². The Morgan fingerprint density at radius 3 is 1.48 bits per heavy atom. The topological polar surface area (TPSA) is 17.1 Å². The average molecular weight is 365 g/mol. The highest BCUT2D eigenvalue weighted by Crippen LogP contribution is 2.43. The summed E-state index contributed by atoms with van der Waals surface area (Å²) in [7, 11) is -3.19. The second-order valence-electron chi connectivity index (χ2n) is 5.00. The van der Waals surface area contributed by atoms with Crippen molar-refractivity contribution in [1.82, 2.24) is 0 Å². The maximum Gasteiger partial charge on any atom is 0.171 e. The van der Waals surface area contributed by atoms with Gasteiger partial charge in [-0.05, 0) is 12.1 Å². The molecule has 0 atom stereocenters. The van der Waals surface area contributed by atoms with Gasteiger partial charge in [-0.3, -0.25) is 0 Å². The lowest BCUT2D eigenvalue weighted by molar-refractivity contribution is 0.592. The predicted molar refractivity (Wildman–Crippen MR) is 95.8 cm³/mol. The lowest BCUT2D eigenvalue weighted by atomic mass is 10.3. The van der Waals surface area contributed by atoms with E-state index in [0.717, 1.165) is 0 Å². The highest BCUT2D eigenvalue weighted by atomic mass is 35.5. The lowest BCUT2D eigenvalue weighted by Crippen LogP contribution is -2.25. The summed E-state index contributed by atoms with van der Waals surface area (Å²) in [6.45, 7) is 0. The SMILES string of the molecule is O=P(c1ccccc1)(c1ccccc1)c1cc(Cl)c(F)c(Cl)c1. The van der Waals surface area contributed by atoms with Gasteiger partial charge in [-0.1, -0.05) is 83.9 Å². The summed E-state index contributed by atoms with van der Waals surface area (Å²) in [4.78, 5) is 0. The molecule has 5 heteroatoms. The van der Waals surface area contributed by atoms with Gasteiger partial charge in [0.25, 0.3) is 0 Å². The Morgan fingerprint density at radius 1 is 0.696 bits per heavy atom. The molecule has 3 aromatic rings. The summed E-state index contributed by atoms with van der Waals surface area (Å²) in [6, 6.07) is 20.9. The Kier molecular flexibility index (Phi) is 4.59. The predicted octanol–water partition coefficient (Wildman–Crippen LogP) is 4.77. The summed E-state index contributed by atoms with van der Waals surface area (Å²) in [5, 5.41) is 1.42. The molecule has 0 saturated carbocycles. The first kappa shape index (κ1) is 16.3. The maximum atomic E-state index is 14.0. The van der Waals surface area contributed by atoms with Crippen molar-refractivity contribution >= 4 is 46.3 Å². The van der Waals surface area contributed by atoms with E-state index in [4.69, 9.17) is 23.2 Å². The van der Waals surface area contributed by atoms with E-state index < -0.39 is 13.0 Å². The standard InChI is InChI=1S/C18H12Cl2FOP/c19-16-11-15(12-17(20)18(16)21)23(22,13-7-3-1-4-8-13)14-9-5-2-6-10-14/h1-12H. The van der Waals surface area contributed by atoms with Gasteiger partial charge in [-0.2, -0.15) is 0 Å². The zero-order valence-electron chi connectivity index (χ0n) is 11.9. The fourth-order valence-electron chi connectivity index (χ4n) is 2.45. The van der Waals surface area contributed by atoms with Crippen molar-refractivity contribution in [3.05, 3.63) is 88.7 Å². The zero-order chi connectivity index (χ0) is 16.4. The smallest absolute Gasteiger partial charge is 0.171 e. The molecule has 0 spiro atoms. The van der Waals surface area contributed by atoms with E-state index in [0.29, 0.717) is 15.9 Å². The van der Waals surface area contributed by atoms with Crippen LogP contribution in [0.1, 0.15) is 0 Å². The minimum atomic E-state index is -3.19. The summed E-state index contributed by atoms with van der Waals surface area (Å²) in [5.41, 5.74) is 0. The molecule has 1 nitrogen and oxygen atoms in total. The Hall–Kier alpha value is -1.60. The van der Waals surface area contributed by atoms with Gasteiger partial charge in [0.2, 0.25) is 0 Å². The average Bonchev–Trinajstić information content (AvgIpc) is 2.60. The Balaban J connectivity index is 2.32. The van der Waals surface area contributed by atoms with E-state index in [1.54, 1.807) is 24.3 Å². The first-order valence-electron chi connectivity index (χ1n) is 6.90. The molecule has 0 aromatic heterocycles. The minimum Gasteiger partial charge on any atom is -0.309 e. The van der Waals surface area contributed by atoms with E-state index in [2.05, 4.69) is 0 Å². The summed E-state index contributed by atoms with van der Waals surface area (Å²) < 4.78 is 27.7. The molecule has 0 radical (unpaired) electrons. The van der Waals surface area contributed by atoms with Gasteiger partial charge >= 0.3 is 0 Å². The minimum absolute atomic E-state index is 0.139. The van der Waals surface area contributed by atoms with E-state index in [1.165, 1.54) is 12.1 Å². The van der Waals surface area contributed by atoms with Gasteiger partial charge in [0.05, 0.1) is 10.0 Å². The van der Waals surface area contributed by atoms with Crippen molar-refractivity contribution in [2.45, 2.75) is 0 Å². The molecule has 3 rings (SSSR count). The third-order valence-corrected chi connectivity index (χ3v) is 7.16. The van der Waals surface area contributed by atoms with Crippen LogP contribution in [0.2, 0.25) is 10.0 Å². The van der Waals surface area contributed by atoms with Crippen LogP contribution in [-0.4, -0.2) is 0 Å². The van der Waals surface area contributed by atoms with Crippen LogP contribution >= 0.6 is 30.3 Å². The fourth-order valence-corrected chi connectivity index (χ4v) is 5.79. The number of hydrogen-bond acceptors (Lipinski definition) is 1. The van der Waals surface area contributed by atoms with Crippen LogP contribution in [0.5, 0.6) is 0 Å². The van der Waals surface area contributed by atoms with Crippen LogP contribution in [-0.2, 0) is 4.57 Å². The molecule has 0 fully saturated rings. The van der Waals surface area contributed by atoms with Gasteiger partial charge in [0.15, 0.2) is 13.0 Å². The Bertz CT molecular complexity index is 816.